The third kappa shape index (κ3) is 14.4. The monoisotopic (exact) mass is 524 g/mol. The Morgan fingerprint density at radius 1 is 0.811 bits per heavy atom. The lowest BCUT2D eigenvalue weighted by molar-refractivity contribution is -0.145. The fourth-order valence-corrected chi connectivity index (χ4v) is 3.34. The van der Waals surface area contributed by atoms with Crippen molar-refractivity contribution < 1.29 is 47.5 Å². The fourth-order valence-electron chi connectivity index (χ4n) is 3.34. The zero-order valence-corrected chi connectivity index (χ0v) is 22.0. The van der Waals surface area contributed by atoms with E-state index in [1.54, 1.807) is 19.9 Å². The standard InChI is InChI=1S/C27H40O10/c1-6-31-13-14-32-15-16-34-24(28)9-12-27(37-20-19-36-26(30)22(4)5)10-7-23(8-11-27)33-17-18-35-25(29)21(2)3/h6,9,12,23H,1-2,4,7-8,10-11,13-20H2,3,5H3. The van der Waals surface area contributed by atoms with Crippen LogP contribution in [0.1, 0.15) is 39.5 Å². The van der Waals surface area contributed by atoms with Crippen molar-refractivity contribution in [2.45, 2.75) is 51.2 Å². The second-order valence-electron chi connectivity index (χ2n) is 8.47. The number of rotatable bonds is 19. The number of esters is 3. The predicted octanol–water partition coefficient (Wildman–Crippen LogP) is 3.22. The zero-order valence-electron chi connectivity index (χ0n) is 22.0. The van der Waals surface area contributed by atoms with Gasteiger partial charge in [-0.2, -0.15) is 0 Å². The Hall–Kier alpha value is -2.95. The van der Waals surface area contributed by atoms with Gasteiger partial charge in [-0.15, -0.1) is 0 Å². The maximum absolute atomic E-state index is 12.2. The predicted molar refractivity (Wildman–Crippen MR) is 136 cm³/mol. The molecule has 10 heteroatoms. The molecule has 0 aromatic carbocycles. The second-order valence-corrected chi connectivity index (χ2v) is 8.47. The van der Waals surface area contributed by atoms with E-state index >= 15 is 0 Å². The van der Waals surface area contributed by atoms with Crippen LogP contribution in [0.15, 0.2) is 49.3 Å². The lowest BCUT2D eigenvalue weighted by Crippen LogP contribution is -2.39. The van der Waals surface area contributed by atoms with Crippen molar-refractivity contribution in [3.8, 4) is 0 Å². The smallest absolute Gasteiger partial charge is 0.333 e. The molecule has 0 heterocycles. The largest absolute Gasteiger partial charge is 0.499 e. The van der Waals surface area contributed by atoms with Gasteiger partial charge in [0.05, 0.1) is 44.4 Å². The third-order valence-electron chi connectivity index (χ3n) is 5.31. The molecule has 208 valence electrons. The molecule has 0 bridgehead atoms. The number of hydrogen-bond donors (Lipinski definition) is 0. The summed E-state index contributed by atoms with van der Waals surface area (Å²) in [6.45, 7) is 15.4. The van der Waals surface area contributed by atoms with Gasteiger partial charge >= 0.3 is 17.9 Å². The Morgan fingerprint density at radius 3 is 1.97 bits per heavy atom. The molecular formula is C27H40O10. The fraction of sp³-hybridized carbons (Fsp3) is 0.593. The lowest BCUT2D eigenvalue weighted by atomic mass is 9.82. The molecule has 0 spiro atoms. The maximum Gasteiger partial charge on any atom is 0.333 e. The first-order chi connectivity index (χ1) is 17.7. The summed E-state index contributed by atoms with van der Waals surface area (Å²) in [5, 5.41) is 0. The highest BCUT2D eigenvalue weighted by atomic mass is 16.6. The highest BCUT2D eigenvalue weighted by molar-refractivity contribution is 5.87. The van der Waals surface area contributed by atoms with Crippen molar-refractivity contribution >= 4 is 17.9 Å². The van der Waals surface area contributed by atoms with E-state index in [0.717, 1.165) is 0 Å². The molecule has 0 aromatic rings. The highest BCUT2D eigenvalue weighted by Crippen LogP contribution is 2.34. The first-order valence-corrected chi connectivity index (χ1v) is 12.3. The summed E-state index contributed by atoms with van der Waals surface area (Å²) in [7, 11) is 0. The summed E-state index contributed by atoms with van der Waals surface area (Å²) in [5.41, 5.74) is -0.0925. The molecule has 0 unspecified atom stereocenters. The van der Waals surface area contributed by atoms with E-state index in [0.29, 0.717) is 50.0 Å². The molecule has 37 heavy (non-hydrogen) atoms. The molecule has 10 nitrogen and oxygen atoms in total. The molecule has 0 saturated heterocycles. The van der Waals surface area contributed by atoms with Crippen molar-refractivity contribution in [2.75, 3.05) is 52.9 Å². The van der Waals surface area contributed by atoms with Gasteiger partial charge in [0.1, 0.15) is 26.4 Å². The zero-order chi connectivity index (χ0) is 27.5. The number of ether oxygens (including phenoxy) is 7. The van der Waals surface area contributed by atoms with Crippen LogP contribution in [-0.2, 0) is 47.5 Å². The van der Waals surface area contributed by atoms with Gasteiger partial charge in [0.15, 0.2) is 0 Å². The quantitative estimate of drug-likeness (QED) is 0.0820. The summed E-state index contributed by atoms with van der Waals surface area (Å²) in [4.78, 5) is 35.3. The summed E-state index contributed by atoms with van der Waals surface area (Å²) < 4.78 is 37.5. The van der Waals surface area contributed by atoms with Gasteiger partial charge in [-0.3, -0.25) is 0 Å². The molecule has 1 saturated carbocycles. The number of carbonyl (C=O) groups excluding carboxylic acids is 3. The Balaban J connectivity index is 2.54. The molecule has 0 aliphatic heterocycles. The first-order valence-electron chi connectivity index (χ1n) is 12.3. The minimum absolute atomic E-state index is 0.0379. The van der Waals surface area contributed by atoms with Crippen LogP contribution < -0.4 is 0 Å². The van der Waals surface area contributed by atoms with E-state index in [1.165, 1.54) is 12.3 Å². The molecule has 1 aliphatic carbocycles. The van der Waals surface area contributed by atoms with Gasteiger partial charge in [-0.1, -0.05) is 19.7 Å². The molecule has 1 fully saturated rings. The highest BCUT2D eigenvalue weighted by Gasteiger charge is 2.35. The van der Waals surface area contributed by atoms with Crippen molar-refractivity contribution in [3.05, 3.63) is 49.3 Å². The average Bonchev–Trinajstić information content (AvgIpc) is 2.88. The maximum atomic E-state index is 12.2. The van der Waals surface area contributed by atoms with Gasteiger partial charge in [-0.25, -0.2) is 14.4 Å². The van der Waals surface area contributed by atoms with Gasteiger partial charge in [-0.05, 0) is 45.6 Å². The number of hydrogen-bond acceptors (Lipinski definition) is 10. The Bertz CT molecular complexity index is 793. The van der Waals surface area contributed by atoms with Crippen LogP contribution >= 0.6 is 0 Å². The van der Waals surface area contributed by atoms with Gasteiger partial charge in [0.25, 0.3) is 0 Å². The lowest BCUT2D eigenvalue weighted by Gasteiger charge is -2.38. The van der Waals surface area contributed by atoms with E-state index in [4.69, 9.17) is 33.2 Å². The SMILES string of the molecule is C=COCCOCCOC(=O)C=CC1(OCCOC(=O)C(=C)C)CCC(OCCOC(=O)C(=C)C)CC1. The van der Waals surface area contributed by atoms with Crippen LogP contribution in [0.4, 0.5) is 0 Å². The van der Waals surface area contributed by atoms with Crippen LogP contribution in [0.25, 0.3) is 0 Å². The Labute approximate surface area is 219 Å². The molecule has 0 radical (unpaired) electrons. The summed E-state index contributed by atoms with van der Waals surface area (Å²) >= 11 is 0. The van der Waals surface area contributed by atoms with Crippen LogP contribution in [-0.4, -0.2) is 82.5 Å². The van der Waals surface area contributed by atoms with Crippen molar-refractivity contribution in [2.24, 2.45) is 0 Å². The van der Waals surface area contributed by atoms with Gasteiger partial charge in [0.2, 0.25) is 0 Å². The van der Waals surface area contributed by atoms with E-state index in [-0.39, 0.29) is 45.7 Å². The Morgan fingerprint density at radius 2 is 1.38 bits per heavy atom. The normalized spacial score (nSPS) is 19.1. The van der Waals surface area contributed by atoms with E-state index < -0.39 is 23.5 Å². The minimum atomic E-state index is -0.737. The second kappa shape index (κ2) is 18.3. The van der Waals surface area contributed by atoms with Gasteiger partial charge < -0.3 is 33.2 Å². The summed E-state index contributed by atoms with van der Waals surface area (Å²) in [6.07, 6.45) is 6.82. The third-order valence-corrected chi connectivity index (χ3v) is 5.31. The van der Waals surface area contributed by atoms with E-state index in [1.807, 2.05) is 0 Å². The summed E-state index contributed by atoms with van der Waals surface area (Å²) in [6, 6.07) is 0. The van der Waals surface area contributed by atoms with Crippen molar-refractivity contribution in [1.82, 2.24) is 0 Å². The summed E-state index contributed by atoms with van der Waals surface area (Å²) in [5.74, 6) is -1.45. The van der Waals surface area contributed by atoms with E-state index in [9.17, 15) is 14.4 Å². The topological polar surface area (TPSA) is 116 Å². The molecular weight excluding hydrogens is 484 g/mol. The van der Waals surface area contributed by atoms with Crippen molar-refractivity contribution in [3.63, 3.8) is 0 Å². The molecule has 0 amide bonds. The van der Waals surface area contributed by atoms with Gasteiger partial charge in [0, 0.05) is 17.2 Å². The molecule has 1 rings (SSSR count). The molecule has 0 aromatic heterocycles. The molecule has 1 aliphatic rings. The van der Waals surface area contributed by atoms with Crippen molar-refractivity contribution in [1.29, 1.82) is 0 Å². The van der Waals surface area contributed by atoms with Crippen LogP contribution in [0, 0.1) is 0 Å². The van der Waals surface area contributed by atoms with E-state index in [2.05, 4.69) is 19.7 Å². The first kappa shape index (κ1) is 32.1. The Kier molecular flexibility index (Phi) is 15.9. The van der Waals surface area contributed by atoms with Crippen LogP contribution in [0.3, 0.4) is 0 Å². The number of carbonyl (C=O) groups is 3. The van der Waals surface area contributed by atoms with Crippen LogP contribution in [0.5, 0.6) is 0 Å². The average molecular weight is 525 g/mol. The minimum Gasteiger partial charge on any atom is -0.499 e. The molecule has 0 atom stereocenters. The molecule has 0 N–H and O–H groups in total. The van der Waals surface area contributed by atoms with Crippen LogP contribution in [0.2, 0.25) is 0 Å².